The fourth-order valence-corrected chi connectivity index (χ4v) is 4.48. The summed E-state index contributed by atoms with van der Waals surface area (Å²) in [5, 5.41) is 18.3. The molecule has 8 nitrogen and oxygen atoms in total. The van der Waals surface area contributed by atoms with Gasteiger partial charge in [0, 0.05) is 53.3 Å². The Bertz CT molecular complexity index is 1460. The second-order valence-corrected chi connectivity index (χ2v) is 9.64. The van der Waals surface area contributed by atoms with Gasteiger partial charge in [0.1, 0.15) is 5.82 Å². The minimum Gasteiger partial charge on any atom is -0.393 e. The molecule has 0 radical (unpaired) electrons. The largest absolute Gasteiger partial charge is 0.393 e. The number of aromatic amines is 1. The van der Waals surface area contributed by atoms with Crippen LogP contribution in [-0.2, 0) is 0 Å². The predicted molar refractivity (Wildman–Crippen MR) is 151 cm³/mol. The number of aliphatic hydroxyl groups excluding tert-OH is 1. The Labute approximate surface area is 225 Å². The highest BCUT2D eigenvalue weighted by Gasteiger charge is 2.17. The topological polar surface area (TPSA) is 109 Å². The lowest BCUT2D eigenvalue weighted by molar-refractivity contribution is 0.101. The average Bonchev–Trinajstić information content (AvgIpc) is 3.38. The van der Waals surface area contributed by atoms with Gasteiger partial charge < -0.3 is 30.9 Å². The van der Waals surface area contributed by atoms with Crippen LogP contribution in [0.2, 0.25) is 0 Å². The third-order valence-electron chi connectivity index (χ3n) is 6.70. The maximum atomic E-state index is 14.7. The molecule has 1 fully saturated rings. The first-order valence-corrected chi connectivity index (χ1v) is 12.8. The molecular weight excluding hydrogens is 497 g/mol. The van der Waals surface area contributed by atoms with E-state index in [0.717, 1.165) is 37.3 Å². The number of halogens is 1. The Balaban J connectivity index is 1.16. The number of anilines is 5. The second kappa shape index (κ2) is 11.4. The van der Waals surface area contributed by atoms with E-state index in [1.165, 1.54) is 6.07 Å². The molecule has 0 spiro atoms. The van der Waals surface area contributed by atoms with Crippen molar-refractivity contribution in [1.82, 2.24) is 4.98 Å². The quantitative estimate of drug-likeness (QED) is 0.213. The molecule has 0 atom stereocenters. The average molecular weight is 528 g/mol. The van der Waals surface area contributed by atoms with Crippen LogP contribution >= 0.6 is 0 Å². The SMILES string of the molecule is Cc1cc(C(=O)Nc2ccc(Nc3ccc(NC(=O)c4ccc(N5CCC(O)CC5)cc4)cc3)c(F)c2)c[nH]1. The number of nitrogens with zero attached hydrogens (tertiary/aromatic N) is 1. The number of hydrogen-bond acceptors (Lipinski definition) is 5. The summed E-state index contributed by atoms with van der Waals surface area (Å²) in [6.07, 6.45) is 2.87. The molecule has 2 amide bonds. The number of aromatic nitrogens is 1. The van der Waals surface area contributed by atoms with E-state index in [1.807, 2.05) is 19.1 Å². The molecule has 2 heterocycles. The molecule has 1 aliphatic heterocycles. The fraction of sp³-hybridized carbons (Fsp3) is 0.200. The Kier molecular flexibility index (Phi) is 7.60. The molecule has 1 aromatic heterocycles. The molecule has 0 bridgehead atoms. The van der Waals surface area contributed by atoms with Gasteiger partial charge in [-0.1, -0.05) is 0 Å². The zero-order valence-corrected chi connectivity index (χ0v) is 21.5. The fourth-order valence-electron chi connectivity index (χ4n) is 4.48. The number of carbonyl (C=O) groups excluding carboxylic acids is 2. The molecule has 0 unspecified atom stereocenters. The van der Waals surface area contributed by atoms with Crippen LogP contribution in [0.5, 0.6) is 0 Å². The predicted octanol–water partition coefficient (Wildman–Crippen LogP) is 5.67. The Morgan fingerprint density at radius 2 is 1.46 bits per heavy atom. The van der Waals surface area contributed by atoms with Gasteiger partial charge in [-0.15, -0.1) is 0 Å². The number of benzene rings is 3. The number of H-pyrrole nitrogens is 1. The third-order valence-corrected chi connectivity index (χ3v) is 6.70. The van der Waals surface area contributed by atoms with Gasteiger partial charge in [-0.2, -0.15) is 0 Å². The van der Waals surface area contributed by atoms with Crippen LogP contribution in [0.15, 0.2) is 79.0 Å². The van der Waals surface area contributed by atoms with Gasteiger partial charge in [0.05, 0.1) is 17.4 Å². The van der Waals surface area contributed by atoms with E-state index in [9.17, 15) is 19.1 Å². The number of carbonyl (C=O) groups is 2. The normalized spacial score (nSPS) is 13.7. The van der Waals surface area contributed by atoms with E-state index in [0.29, 0.717) is 28.2 Å². The summed E-state index contributed by atoms with van der Waals surface area (Å²) >= 11 is 0. The number of hydrogen-bond donors (Lipinski definition) is 5. The van der Waals surface area contributed by atoms with Gasteiger partial charge in [0.15, 0.2) is 0 Å². The van der Waals surface area contributed by atoms with Crippen LogP contribution in [0.3, 0.4) is 0 Å². The number of rotatable bonds is 7. The molecule has 9 heteroatoms. The van der Waals surface area contributed by atoms with Gasteiger partial charge >= 0.3 is 0 Å². The van der Waals surface area contributed by atoms with Gasteiger partial charge in [-0.05, 0) is 92.6 Å². The summed E-state index contributed by atoms with van der Waals surface area (Å²) in [6.45, 7) is 3.44. The number of aryl methyl sites for hydroxylation is 1. The van der Waals surface area contributed by atoms with Crippen molar-refractivity contribution >= 4 is 40.3 Å². The zero-order valence-electron chi connectivity index (χ0n) is 21.5. The summed E-state index contributed by atoms with van der Waals surface area (Å²) in [5.41, 5.74) is 4.76. The van der Waals surface area contributed by atoms with Gasteiger partial charge in [0.2, 0.25) is 0 Å². The molecule has 1 saturated heterocycles. The summed E-state index contributed by atoms with van der Waals surface area (Å²) in [5.74, 6) is -1.06. The molecule has 5 N–H and O–H groups in total. The summed E-state index contributed by atoms with van der Waals surface area (Å²) < 4.78 is 14.7. The van der Waals surface area contributed by atoms with Crippen LogP contribution in [0.25, 0.3) is 0 Å². The van der Waals surface area contributed by atoms with Crippen LogP contribution in [0, 0.1) is 12.7 Å². The van der Waals surface area contributed by atoms with E-state index in [1.54, 1.807) is 60.8 Å². The first-order chi connectivity index (χ1) is 18.8. The molecular formula is C30H30FN5O3. The van der Waals surface area contributed by atoms with E-state index in [2.05, 4.69) is 25.8 Å². The van der Waals surface area contributed by atoms with Gasteiger partial charge in [0.25, 0.3) is 11.8 Å². The molecule has 5 rings (SSSR count). The molecule has 0 aliphatic carbocycles. The minimum atomic E-state index is -0.514. The zero-order chi connectivity index (χ0) is 27.4. The molecule has 39 heavy (non-hydrogen) atoms. The third kappa shape index (κ3) is 6.45. The van der Waals surface area contributed by atoms with Crippen molar-refractivity contribution in [3.05, 3.63) is 102 Å². The second-order valence-electron chi connectivity index (χ2n) is 9.64. The monoisotopic (exact) mass is 527 g/mol. The summed E-state index contributed by atoms with van der Waals surface area (Å²) in [7, 11) is 0. The number of piperidine rings is 1. The lowest BCUT2D eigenvalue weighted by atomic mass is 10.1. The smallest absolute Gasteiger partial charge is 0.257 e. The lowest BCUT2D eigenvalue weighted by Crippen LogP contribution is -2.35. The highest BCUT2D eigenvalue weighted by atomic mass is 19.1. The Hall–Kier alpha value is -4.63. The lowest BCUT2D eigenvalue weighted by Gasteiger charge is -2.31. The van der Waals surface area contributed by atoms with Crippen molar-refractivity contribution < 1.29 is 19.1 Å². The highest BCUT2D eigenvalue weighted by molar-refractivity contribution is 6.05. The van der Waals surface area contributed by atoms with E-state index >= 15 is 0 Å². The first kappa shape index (κ1) is 26.0. The number of nitrogens with one attached hydrogen (secondary N) is 4. The van der Waals surface area contributed by atoms with E-state index in [4.69, 9.17) is 0 Å². The molecule has 0 saturated carbocycles. The van der Waals surface area contributed by atoms with Crippen LogP contribution in [0.1, 0.15) is 39.3 Å². The van der Waals surface area contributed by atoms with Gasteiger partial charge in [-0.25, -0.2) is 4.39 Å². The van der Waals surface area contributed by atoms with Crippen molar-refractivity contribution in [3.63, 3.8) is 0 Å². The summed E-state index contributed by atoms with van der Waals surface area (Å²) in [4.78, 5) is 30.2. The maximum absolute atomic E-state index is 14.7. The highest BCUT2D eigenvalue weighted by Crippen LogP contribution is 2.25. The molecule has 4 aromatic rings. The van der Waals surface area contributed by atoms with Crippen LogP contribution in [-0.4, -0.2) is 41.1 Å². The van der Waals surface area contributed by atoms with Crippen LogP contribution in [0.4, 0.5) is 32.8 Å². The first-order valence-electron chi connectivity index (χ1n) is 12.8. The van der Waals surface area contributed by atoms with Crippen LogP contribution < -0.4 is 20.9 Å². The Morgan fingerprint density at radius 1 is 0.846 bits per heavy atom. The molecule has 1 aliphatic rings. The molecule has 3 aromatic carbocycles. The minimum absolute atomic E-state index is 0.227. The molecule has 200 valence electrons. The standard InChI is InChI=1S/C30H30FN5O3/c1-19-16-21(18-32-19)30(39)35-24-8-11-28(27(31)17-24)33-22-4-6-23(7-5-22)34-29(38)20-2-9-25(10-3-20)36-14-12-26(37)13-15-36/h2-11,16-18,26,32-33,37H,12-15H2,1H3,(H,34,38)(H,35,39). The Morgan fingerprint density at radius 3 is 2.10 bits per heavy atom. The van der Waals surface area contributed by atoms with E-state index in [-0.39, 0.29) is 23.6 Å². The van der Waals surface area contributed by atoms with Crippen molar-refractivity contribution in [2.75, 3.05) is 33.9 Å². The number of aliphatic hydroxyl groups is 1. The number of amides is 2. The van der Waals surface area contributed by atoms with Crippen molar-refractivity contribution in [1.29, 1.82) is 0 Å². The maximum Gasteiger partial charge on any atom is 0.257 e. The summed E-state index contributed by atoms with van der Waals surface area (Å²) in [6, 6.07) is 20.5. The van der Waals surface area contributed by atoms with E-state index < -0.39 is 5.82 Å². The van der Waals surface area contributed by atoms with Gasteiger partial charge in [-0.3, -0.25) is 9.59 Å². The van der Waals surface area contributed by atoms with Crippen molar-refractivity contribution in [2.45, 2.75) is 25.9 Å². The van der Waals surface area contributed by atoms with Crippen molar-refractivity contribution in [2.24, 2.45) is 0 Å². The van der Waals surface area contributed by atoms with Crippen molar-refractivity contribution in [3.8, 4) is 0 Å².